The molecule has 0 bridgehead atoms. The Hall–Kier alpha value is -0.940. The summed E-state index contributed by atoms with van der Waals surface area (Å²) in [5, 5.41) is 3.16. The summed E-state index contributed by atoms with van der Waals surface area (Å²) >= 11 is 0. The van der Waals surface area contributed by atoms with Crippen LogP contribution in [-0.4, -0.2) is 51.7 Å². The van der Waals surface area contributed by atoms with Crippen molar-refractivity contribution in [3.63, 3.8) is 0 Å². The molecule has 0 unspecified atom stereocenters. The Morgan fingerprint density at radius 3 is 2.52 bits per heavy atom. The molecule has 0 radical (unpaired) electrons. The maximum atomic E-state index is 13.0. The van der Waals surface area contributed by atoms with Crippen LogP contribution in [0, 0.1) is 11.7 Å². The van der Waals surface area contributed by atoms with Crippen LogP contribution in [-0.2, 0) is 16.6 Å². The fourth-order valence-electron chi connectivity index (χ4n) is 2.69. The molecule has 0 heterocycles. The molecule has 1 aliphatic rings. The van der Waals surface area contributed by atoms with E-state index in [0.717, 1.165) is 18.4 Å². The van der Waals surface area contributed by atoms with E-state index in [1.807, 2.05) is 18.9 Å². The highest BCUT2D eigenvalue weighted by atomic mass is 127. The van der Waals surface area contributed by atoms with E-state index >= 15 is 0 Å². The second-order valence-electron chi connectivity index (χ2n) is 6.68. The van der Waals surface area contributed by atoms with Gasteiger partial charge in [0.15, 0.2) is 5.96 Å². The predicted octanol–water partition coefficient (Wildman–Crippen LogP) is 2.56. The van der Waals surface area contributed by atoms with Crippen molar-refractivity contribution in [2.24, 2.45) is 10.9 Å². The minimum absolute atomic E-state index is 0. The molecule has 27 heavy (non-hydrogen) atoms. The molecular weight excluding hydrogens is 482 g/mol. The van der Waals surface area contributed by atoms with Crippen LogP contribution >= 0.6 is 24.0 Å². The molecule has 0 aromatic heterocycles. The van der Waals surface area contributed by atoms with Gasteiger partial charge in [0.1, 0.15) is 5.82 Å². The first kappa shape index (κ1) is 24.1. The van der Waals surface area contributed by atoms with Gasteiger partial charge >= 0.3 is 0 Å². The van der Waals surface area contributed by atoms with Gasteiger partial charge in [-0.05, 0) is 43.4 Å². The van der Waals surface area contributed by atoms with Gasteiger partial charge in [0.05, 0.1) is 12.3 Å². The number of benzene rings is 1. The fraction of sp³-hybridized carbons (Fsp3) is 0.611. The Labute approximate surface area is 179 Å². The van der Waals surface area contributed by atoms with Crippen molar-refractivity contribution in [3.05, 3.63) is 35.6 Å². The first-order valence-corrected chi connectivity index (χ1v) is 10.8. The second kappa shape index (κ2) is 11.8. The molecular formula is C18H30FIN4O2S. The van der Waals surface area contributed by atoms with Crippen LogP contribution in [0.25, 0.3) is 0 Å². The van der Waals surface area contributed by atoms with Gasteiger partial charge in [-0.25, -0.2) is 17.5 Å². The topological polar surface area (TPSA) is 73.8 Å². The van der Waals surface area contributed by atoms with Crippen molar-refractivity contribution in [1.82, 2.24) is 14.9 Å². The molecule has 2 rings (SSSR count). The molecule has 1 aromatic rings. The van der Waals surface area contributed by atoms with Gasteiger partial charge in [0.2, 0.25) is 10.0 Å². The van der Waals surface area contributed by atoms with Crippen LogP contribution in [0.3, 0.4) is 0 Å². The summed E-state index contributed by atoms with van der Waals surface area (Å²) in [4.78, 5) is 6.31. The lowest BCUT2D eigenvalue weighted by Crippen LogP contribution is -2.39. The molecule has 6 nitrogen and oxygen atoms in total. The van der Waals surface area contributed by atoms with Crippen molar-refractivity contribution in [3.8, 4) is 0 Å². The van der Waals surface area contributed by atoms with Crippen LogP contribution in [0.5, 0.6) is 0 Å². The molecule has 0 aliphatic heterocycles. The van der Waals surface area contributed by atoms with E-state index in [1.165, 1.54) is 18.6 Å². The van der Waals surface area contributed by atoms with E-state index < -0.39 is 10.0 Å². The van der Waals surface area contributed by atoms with E-state index in [4.69, 9.17) is 0 Å². The number of rotatable bonds is 9. The molecule has 1 saturated carbocycles. The lowest BCUT2D eigenvalue weighted by molar-refractivity contribution is 0.316. The van der Waals surface area contributed by atoms with Gasteiger partial charge in [0, 0.05) is 26.7 Å². The standard InChI is InChI=1S/C18H29FN4O2S.HI/c1-3-20-18(23(2)14-16-7-9-17(19)10-8-16)21-11-12-26(24,25)22-13-15-5-4-6-15;/h7-10,15,22H,3-6,11-14H2,1-2H3,(H,20,21);1H. The molecule has 1 aromatic carbocycles. The molecule has 154 valence electrons. The SMILES string of the molecule is CCNC(=NCCS(=O)(=O)NCC1CCC1)N(C)Cc1ccc(F)cc1.I. The van der Waals surface area contributed by atoms with E-state index in [1.54, 1.807) is 12.1 Å². The molecule has 0 saturated heterocycles. The molecule has 2 N–H and O–H groups in total. The largest absolute Gasteiger partial charge is 0.357 e. The number of sulfonamides is 1. The average Bonchev–Trinajstić information content (AvgIpc) is 2.54. The zero-order chi connectivity index (χ0) is 19.0. The summed E-state index contributed by atoms with van der Waals surface area (Å²) in [6.45, 7) is 3.92. The maximum absolute atomic E-state index is 13.0. The number of hydrogen-bond donors (Lipinski definition) is 2. The summed E-state index contributed by atoms with van der Waals surface area (Å²) in [7, 11) is -1.43. The van der Waals surface area contributed by atoms with Gasteiger partial charge in [0.25, 0.3) is 0 Å². The smallest absolute Gasteiger partial charge is 0.213 e. The highest BCUT2D eigenvalue weighted by Gasteiger charge is 2.20. The van der Waals surface area contributed by atoms with Gasteiger partial charge in [-0.15, -0.1) is 24.0 Å². The third kappa shape index (κ3) is 8.73. The number of aliphatic imine (C=N–C) groups is 1. The van der Waals surface area contributed by atoms with Crippen molar-refractivity contribution in [2.75, 3.05) is 32.4 Å². The van der Waals surface area contributed by atoms with E-state index in [9.17, 15) is 12.8 Å². The Kier molecular flexibility index (Phi) is 10.5. The van der Waals surface area contributed by atoms with Crippen molar-refractivity contribution in [2.45, 2.75) is 32.7 Å². The Bertz CT molecular complexity index is 694. The van der Waals surface area contributed by atoms with Crippen molar-refractivity contribution in [1.29, 1.82) is 0 Å². The van der Waals surface area contributed by atoms with Crippen molar-refractivity contribution >= 4 is 40.0 Å². The van der Waals surface area contributed by atoms with Crippen LogP contribution in [0.1, 0.15) is 31.7 Å². The molecule has 0 amide bonds. The highest BCUT2D eigenvalue weighted by Crippen LogP contribution is 2.25. The minimum Gasteiger partial charge on any atom is -0.357 e. The number of nitrogens with zero attached hydrogens (tertiary/aromatic N) is 2. The summed E-state index contributed by atoms with van der Waals surface area (Å²) in [5.74, 6) is 0.828. The first-order chi connectivity index (χ1) is 12.4. The van der Waals surface area contributed by atoms with E-state index in [-0.39, 0.29) is 42.1 Å². The molecule has 9 heteroatoms. The second-order valence-corrected chi connectivity index (χ2v) is 8.61. The van der Waals surface area contributed by atoms with Crippen LogP contribution < -0.4 is 10.0 Å². The summed E-state index contributed by atoms with van der Waals surface area (Å²) in [6.07, 6.45) is 3.42. The molecule has 0 atom stereocenters. The predicted molar refractivity (Wildman–Crippen MR) is 118 cm³/mol. The Morgan fingerprint density at radius 1 is 1.30 bits per heavy atom. The fourth-order valence-corrected chi connectivity index (χ4v) is 3.66. The van der Waals surface area contributed by atoms with Gasteiger partial charge in [-0.1, -0.05) is 18.6 Å². The van der Waals surface area contributed by atoms with Gasteiger partial charge < -0.3 is 10.2 Å². The zero-order valence-corrected chi connectivity index (χ0v) is 19.1. The minimum atomic E-state index is -3.30. The Balaban J connectivity index is 0.00000364. The average molecular weight is 512 g/mol. The molecule has 1 aliphatic carbocycles. The maximum Gasteiger partial charge on any atom is 0.213 e. The third-order valence-corrected chi connectivity index (χ3v) is 5.79. The quantitative estimate of drug-likeness (QED) is 0.303. The number of guanidine groups is 1. The Morgan fingerprint density at radius 2 is 1.96 bits per heavy atom. The zero-order valence-electron chi connectivity index (χ0n) is 15.9. The van der Waals surface area contributed by atoms with Crippen molar-refractivity contribution < 1.29 is 12.8 Å². The number of nitrogens with one attached hydrogen (secondary N) is 2. The number of halogens is 2. The normalized spacial score (nSPS) is 15.0. The summed E-state index contributed by atoms with van der Waals surface area (Å²) < 4.78 is 39.8. The first-order valence-electron chi connectivity index (χ1n) is 9.11. The highest BCUT2D eigenvalue weighted by molar-refractivity contribution is 14.0. The summed E-state index contributed by atoms with van der Waals surface area (Å²) in [6, 6.07) is 6.30. The molecule has 0 spiro atoms. The molecule has 1 fully saturated rings. The third-order valence-electron chi connectivity index (χ3n) is 4.47. The van der Waals surface area contributed by atoms with Gasteiger partial charge in [-0.3, -0.25) is 4.99 Å². The van der Waals surface area contributed by atoms with E-state index in [2.05, 4.69) is 15.0 Å². The summed E-state index contributed by atoms with van der Waals surface area (Å²) in [5.41, 5.74) is 0.953. The van der Waals surface area contributed by atoms with Crippen LogP contribution in [0.4, 0.5) is 4.39 Å². The van der Waals surface area contributed by atoms with Crippen LogP contribution in [0.15, 0.2) is 29.3 Å². The monoisotopic (exact) mass is 512 g/mol. The van der Waals surface area contributed by atoms with Crippen LogP contribution in [0.2, 0.25) is 0 Å². The lowest BCUT2D eigenvalue weighted by atomic mass is 9.86. The number of hydrogen-bond acceptors (Lipinski definition) is 3. The van der Waals surface area contributed by atoms with Gasteiger partial charge in [-0.2, -0.15) is 0 Å². The lowest BCUT2D eigenvalue weighted by Gasteiger charge is -2.25. The van der Waals surface area contributed by atoms with E-state index in [0.29, 0.717) is 31.5 Å².